The van der Waals surface area contributed by atoms with Gasteiger partial charge in [0.2, 0.25) is 17.5 Å². The predicted octanol–water partition coefficient (Wildman–Crippen LogP) is 3.48. The molecular formula is C16H16ClN3O2. The van der Waals surface area contributed by atoms with E-state index in [2.05, 4.69) is 11.1 Å². The molecule has 1 fully saturated rings. The zero-order valence-corrected chi connectivity index (χ0v) is 13.2. The van der Waals surface area contributed by atoms with Crippen molar-refractivity contribution in [3.8, 4) is 17.5 Å². The minimum atomic E-state index is 0.0828. The van der Waals surface area contributed by atoms with Gasteiger partial charge in [0.1, 0.15) is 6.07 Å². The molecule has 5 nitrogen and oxygen atoms in total. The van der Waals surface area contributed by atoms with Crippen molar-refractivity contribution in [2.75, 3.05) is 18.0 Å². The van der Waals surface area contributed by atoms with Crippen LogP contribution in [0.1, 0.15) is 19.5 Å². The second-order valence-electron chi connectivity index (χ2n) is 5.45. The third-order valence-corrected chi connectivity index (χ3v) is 3.77. The summed E-state index contributed by atoms with van der Waals surface area (Å²) >= 11 is 5.89. The Morgan fingerprint density at radius 2 is 1.86 bits per heavy atom. The molecule has 3 rings (SSSR count). The Labute approximate surface area is 134 Å². The highest BCUT2D eigenvalue weighted by molar-refractivity contribution is 6.30. The molecule has 0 aliphatic carbocycles. The van der Waals surface area contributed by atoms with Gasteiger partial charge in [-0.25, -0.2) is 0 Å². The van der Waals surface area contributed by atoms with Gasteiger partial charge in [-0.15, -0.1) is 0 Å². The molecule has 0 unspecified atom stereocenters. The molecule has 114 valence electrons. The molecule has 0 N–H and O–H groups in total. The van der Waals surface area contributed by atoms with Crippen molar-refractivity contribution in [2.45, 2.75) is 26.1 Å². The molecule has 6 heteroatoms. The average molecular weight is 318 g/mol. The van der Waals surface area contributed by atoms with Gasteiger partial charge in [-0.1, -0.05) is 11.6 Å². The highest BCUT2D eigenvalue weighted by Gasteiger charge is 2.28. The van der Waals surface area contributed by atoms with Crippen LogP contribution in [0.15, 0.2) is 28.7 Å². The van der Waals surface area contributed by atoms with Crippen LogP contribution in [-0.4, -0.2) is 30.3 Å². The van der Waals surface area contributed by atoms with E-state index in [0.29, 0.717) is 35.6 Å². The lowest BCUT2D eigenvalue weighted by molar-refractivity contribution is -0.00638. The first-order valence-corrected chi connectivity index (χ1v) is 7.52. The quantitative estimate of drug-likeness (QED) is 0.848. The van der Waals surface area contributed by atoms with Crippen LogP contribution in [0.2, 0.25) is 5.02 Å². The molecule has 22 heavy (non-hydrogen) atoms. The van der Waals surface area contributed by atoms with Crippen LogP contribution in [-0.2, 0) is 4.74 Å². The highest BCUT2D eigenvalue weighted by atomic mass is 35.5. The van der Waals surface area contributed by atoms with Crippen LogP contribution in [0, 0.1) is 11.3 Å². The Morgan fingerprint density at radius 1 is 1.23 bits per heavy atom. The fraction of sp³-hybridized carbons (Fsp3) is 0.375. The van der Waals surface area contributed by atoms with Crippen LogP contribution < -0.4 is 4.90 Å². The molecule has 0 amide bonds. The molecule has 1 aromatic carbocycles. The third kappa shape index (κ3) is 2.94. The monoisotopic (exact) mass is 317 g/mol. The normalized spacial score (nSPS) is 21.6. The smallest absolute Gasteiger partial charge is 0.235 e. The molecule has 0 radical (unpaired) electrons. The van der Waals surface area contributed by atoms with Gasteiger partial charge in [0.05, 0.1) is 12.2 Å². The fourth-order valence-corrected chi connectivity index (χ4v) is 2.78. The maximum absolute atomic E-state index is 9.33. The van der Waals surface area contributed by atoms with Crippen molar-refractivity contribution in [2.24, 2.45) is 0 Å². The van der Waals surface area contributed by atoms with Crippen molar-refractivity contribution in [3.63, 3.8) is 0 Å². The standard InChI is InChI=1S/C16H16ClN3O2/c1-10-8-20(9-11(2)21-10)16-14(7-18)19-15(22-16)12-3-5-13(17)6-4-12/h3-6,10-11H,8-9H2,1-2H3/t10-,11-/m1/s1. The van der Waals surface area contributed by atoms with E-state index in [1.165, 1.54) is 0 Å². The lowest BCUT2D eigenvalue weighted by atomic mass is 10.2. The molecule has 1 aliphatic heterocycles. The van der Waals surface area contributed by atoms with Crippen LogP contribution >= 0.6 is 11.6 Å². The number of nitrogens with zero attached hydrogens (tertiary/aromatic N) is 3. The first-order valence-electron chi connectivity index (χ1n) is 7.14. The van der Waals surface area contributed by atoms with Crippen molar-refractivity contribution in [1.82, 2.24) is 4.98 Å². The largest absolute Gasteiger partial charge is 0.419 e. The molecule has 1 saturated heterocycles. The molecule has 1 aliphatic rings. The Balaban J connectivity index is 1.95. The molecule has 2 atom stereocenters. The lowest BCUT2D eigenvalue weighted by Gasteiger charge is -2.34. The Hall–Kier alpha value is -2.03. The number of ether oxygens (including phenoxy) is 1. The second-order valence-corrected chi connectivity index (χ2v) is 5.89. The zero-order valence-electron chi connectivity index (χ0n) is 12.4. The number of hydrogen-bond acceptors (Lipinski definition) is 5. The predicted molar refractivity (Wildman–Crippen MR) is 83.9 cm³/mol. The van der Waals surface area contributed by atoms with E-state index in [0.717, 1.165) is 5.56 Å². The van der Waals surface area contributed by atoms with Crippen LogP contribution in [0.5, 0.6) is 0 Å². The van der Waals surface area contributed by atoms with Crippen molar-refractivity contribution < 1.29 is 9.15 Å². The summed E-state index contributed by atoms with van der Waals surface area (Å²) in [6, 6.07) is 9.30. The molecular weight excluding hydrogens is 302 g/mol. The van der Waals surface area contributed by atoms with E-state index in [1.807, 2.05) is 30.9 Å². The van der Waals surface area contributed by atoms with Gasteiger partial charge >= 0.3 is 0 Å². The van der Waals surface area contributed by atoms with Crippen molar-refractivity contribution in [1.29, 1.82) is 5.26 Å². The molecule has 2 aromatic rings. The lowest BCUT2D eigenvalue weighted by Crippen LogP contribution is -2.45. The van der Waals surface area contributed by atoms with E-state index in [9.17, 15) is 5.26 Å². The molecule has 0 spiro atoms. The van der Waals surface area contributed by atoms with Gasteiger partial charge in [-0.2, -0.15) is 10.2 Å². The van der Waals surface area contributed by atoms with Gasteiger partial charge in [0, 0.05) is 23.7 Å². The van der Waals surface area contributed by atoms with Gasteiger partial charge in [0.25, 0.3) is 0 Å². The maximum atomic E-state index is 9.33. The van der Waals surface area contributed by atoms with Crippen molar-refractivity contribution in [3.05, 3.63) is 35.0 Å². The Kier molecular flexibility index (Phi) is 4.06. The Bertz CT molecular complexity index is 695. The average Bonchev–Trinajstić information content (AvgIpc) is 2.91. The summed E-state index contributed by atoms with van der Waals surface area (Å²) < 4.78 is 11.6. The van der Waals surface area contributed by atoms with E-state index in [4.69, 9.17) is 20.8 Å². The van der Waals surface area contributed by atoms with Gasteiger partial charge in [0.15, 0.2) is 0 Å². The first kappa shape index (κ1) is 14.9. The highest BCUT2D eigenvalue weighted by Crippen LogP contribution is 2.30. The number of halogens is 1. The van der Waals surface area contributed by atoms with Gasteiger partial charge in [-0.05, 0) is 38.1 Å². The summed E-state index contributed by atoms with van der Waals surface area (Å²) in [7, 11) is 0. The number of oxazole rings is 1. The minimum Gasteiger partial charge on any atom is -0.419 e. The number of anilines is 1. The second kappa shape index (κ2) is 5.99. The number of aromatic nitrogens is 1. The number of benzene rings is 1. The van der Waals surface area contributed by atoms with Crippen molar-refractivity contribution >= 4 is 17.5 Å². The fourth-order valence-electron chi connectivity index (χ4n) is 2.66. The number of morpholine rings is 1. The van der Waals surface area contributed by atoms with Crippen LogP contribution in [0.25, 0.3) is 11.5 Å². The molecule has 0 bridgehead atoms. The summed E-state index contributed by atoms with van der Waals surface area (Å²) in [6.07, 6.45) is 0.166. The summed E-state index contributed by atoms with van der Waals surface area (Å²) in [5.41, 5.74) is 1.09. The Morgan fingerprint density at radius 3 is 2.45 bits per heavy atom. The van der Waals surface area contributed by atoms with E-state index >= 15 is 0 Å². The molecule has 2 heterocycles. The molecule has 1 aromatic heterocycles. The third-order valence-electron chi connectivity index (χ3n) is 3.51. The van der Waals surface area contributed by atoms with Gasteiger partial charge in [-0.3, -0.25) is 0 Å². The summed E-state index contributed by atoms with van der Waals surface area (Å²) in [4.78, 5) is 6.32. The van der Waals surface area contributed by atoms with E-state index in [-0.39, 0.29) is 12.2 Å². The SMILES string of the molecule is C[C@@H]1CN(c2oc(-c3ccc(Cl)cc3)nc2C#N)C[C@@H](C)O1. The van der Waals surface area contributed by atoms with Crippen LogP contribution in [0.3, 0.4) is 0 Å². The van der Waals surface area contributed by atoms with E-state index < -0.39 is 0 Å². The summed E-state index contributed by atoms with van der Waals surface area (Å²) in [6.45, 7) is 5.36. The number of hydrogen-bond donors (Lipinski definition) is 0. The van der Waals surface area contributed by atoms with Gasteiger partial charge < -0.3 is 14.1 Å². The zero-order chi connectivity index (χ0) is 15.7. The number of rotatable bonds is 2. The topological polar surface area (TPSA) is 62.3 Å². The van der Waals surface area contributed by atoms with E-state index in [1.54, 1.807) is 12.1 Å². The summed E-state index contributed by atoms with van der Waals surface area (Å²) in [5.74, 6) is 0.935. The minimum absolute atomic E-state index is 0.0828. The summed E-state index contributed by atoms with van der Waals surface area (Å²) in [5, 5.41) is 9.98. The maximum Gasteiger partial charge on any atom is 0.235 e. The number of nitriles is 1. The molecule has 0 saturated carbocycles. The first-order chi connectivity index (χ1) is 10.6. The van der Waals surface area contributed by atoms with Crippen LogP contribution in [0.4, 0.5) is 5.88 Å².